The molecule has 3 rings (SSSR count). The van der Waals surface area contributed by atoms with E-state index in [0.29, 0.717) is 5.75 Å². The normalized spacial score (nSPS) is 11.8. The average Bonchev–Trinajstić information content (AvgIpc) is 3.20. The summed E-state index contributed by atoms with van der Waals surface area (Å²) < 4.78 is 18.8. The number of hydrogen-bond acceptors (Lipinski definition) is 3. The molecule has 0 aliphatic heterocycles. The number of rotatable bonds is 7. The van der Waals surface area contributed by atoms with E-state index in [1.165, 1.54) is 12.1 Å². The molecule has 0 aliphatic carbocycles. The van der Waals surface area contributed by atoms with Crippen molar-refractivity contribution in [3.05, 3.63) is 87.9 Å². The summed E-state index contributed by atoms with van der Waals surface area (Å²) in [7, 11) is 0. The van der Waals surface area contributed by atoms with Crippen LogP contribution in [0.15, 0.2) is 66.0 Å². The smallest absolute Gasteiger partial charge is 0.258 e. The number of carbonyl (C=O) groups excluding carboxylic acids is 1. The average molecular weight is 369 g/mol. The van der Waals surface area contributed by atoms with Gasteiger partial charge in [-0.3, -0.25) is 4.79 Å². The summed E-state index contributed by atoms with van der Waals surface area (Å²) in [5, 5.41) is 4.93. The van der Waals surface area contributed by atoms with Crippen molar-refractivity contribution >= 4 is 17.2 Å². The maximum atomic E-state index is 13.2. The number of amides is 1. The number of benzene rings is 2. The zero-order chi connectivity index (χ0) is 18.4. The third kappa shape index (κ3) is 4.70. The number of ether oxygens (including phenoxy) is 1. The topological polar surface area (TPSA) is 38.3 Å². The summed E-state index contributed by atoms with van der Waals surface area (Å²) in [6, 6.07) is 17.4. The molecule has 0 radical (unpaired) electrons. The number of nitrogens with one attached hydrogen (secondary N) is 1. The highest BCUT2D eigenvalue weighted by Gasteiger charge is 2.18. The Hall–Kier alpha value is -2.66. The van der Waals surface area contributed by atoms with Gasteiger partial charge in [-0.05, 0) is 53.3 Å². The highest BCUT2D eigenvalue weighted by atomic mass is 32.1. The highest BCUT2D eigenvalue weighted by molar-refractivity contribution is 7.10. The van der Waals surface area contributed by atoms with Crippen molar-refractivity contribution < 1.29 is 13.9 Å². The highest BCUT2D eigenvalue weighted by Crippen LogP contribution is 2.26. The van der Waals surface area contributed by atoms with Crippen LogP contribution in [0.25, 0.3) is 0 Å². The summed E-state index contributed by atoms with van der Waals surface area (Å²) in [5.41, 5.74) is 1.99. The van der Waals surface area contributed by atoms with E-state index >= 15 is 0 Å². The van der Waals surface area contributed by atoms with Crippen LogP contribution in [0.5, 0.6) is 5.75 Å². The molecular weight excluding hydrogens is 349 g/mol. The van der Waals surface area contributed by atoms with E-state index in [2.05, 4.69) is 12.2 Å². The van der Waals surface area contributed by atoms with Gasteiger partial charge in [-0.2, -0.15) is 0 Å². The Bertz CT molecular complexity index is 847. The molecule has 1 atom stereocenters. The van der Waals surface area contributed by atoms with Gasteiger partial charge in [0.05, 0.1) is 6.04 Å². The van der Waals surface area contributed by atoms with Crippen LogP contribution in [-0.2, 0) is 11.2 Å². The zero-order valence-electron chi connectivity index (χ0n) is 14.4. The standard InChI is InChI=1S/C21H20FNO2S/c1-2-15-5-3-6-18(13-15)25-14-20(24)23-21(19-7-4-12-26-19)16-8-10-17(22)11-9-16/h3-13,21H,2,14H2,1H3,(H,23,24)/t21-/m1/s1. The van der Waals surface area contributed by atoms with Gasteiger partial charge in [-0.25, -0.2) is 4.39 Å². The fourth-order valence-electron chi connectivity index (χ4n) is 2.64. The molecule has 3 nitrogen and oxygen atoms in total. The Morgan fingerprint density at radius 2 is 1.96 bits per heavy atom. The molecule has 0 saturated heterocycles. The van der Waals surface area contributed by atoms with Crippen molar-refractivity contribution in [3.8, 4) is 5.75 Å². The first kappa shape index (κ1) is 18.1. The van der Waals surface area contributed by atoms with Crippen LogP contribution < -0.4 is 10.1 Å². The van der Waals surface area contributed by atoms with Crippen LogP contribution in [-0.4, -0.2) is 12.5 Å². The van der Waals surface area contributed by atoms with Crippen LogP contribution >= 0.6 is 11.3 Å². The Balaban J connectivity index is 1.68. The lowest BCUT2D eigenvalue weighted by Crippen LogP contribution is -2.32. The molecule has 1 N–H and O–H groups in total. The van der Waals surface area contributed by atoms with Crippen molar-refractivity contribution in [1.82, 2.24) is 5.32 Å². The van der Waals surface area contributed by atoms with Crippen molar-refractivity contribution in [2.24, 2.45) is 0 Å². The van der Waals surface area contributed by atoms with E-state index in [4.69, 9.17) is 4.74 Å². The van der Waals surface area contributed by atoms with E-state index < -0.39 is 0 Å². The van der Waals surface area contributed by atoms with Crippen molar-refractivity contribution in [2.45, 2.75) is 19.4 Å². The lowest BCUT2D eigenvalue weighted by atomic mass is 10.1. The predicted molar refractivity (Wildman–Crippen MR) is 102 cm³/mol. The Morgan fingerprint density at radius 1 is 1.15 bits per heavy atom. The SMILES string of the molecule is CCc1cccc(OCC(=O)N[C@H](c2ccc(F)cc2)c2cccs2)c1. The molecule has 2 aromatic carbocycles. The summed E-state index contributed by atoms with van der Waals surface area (Å²) in [4.78, 5) is 13.4. The fraction of sp³-hybridized carbons (Fsp3) is 0.190. The monoisotopic (exact) mass is 369 g/mol. The molecule has 0 bridgehead atoms. The second-order valence-corrected chi connectivity index (χ2v) is 6.84. The number of halogens is 1. The van der Waals surface area contributed by atoms with Gasteiger partial charge < -0.3 is 10.1 Å². The summed E-state index contributed by atoms with van der Waals surface area (Å²) in [6.45, 7) is 2.00. The van der Waals surface area contributed by atoms with E-state index in [-0.39, 0.29) is 24.4 Å². The van der Waals surface area contributed by atoms with Gasteiger partial charge in [0.2, 0.25) is 0 Å². The van der Waals surface area contributed by atoms with Crippen LogP contribution in [0.3, 0.4) is 0 Å². The molecule has 1 aromatic heterocycles. The van der Waals surface area contributed by atoms with Gasteiger partial charge >= 0.3 is 0 Å². The maximum Gasteiger partial charge on any atom is 0.258 e. The Labute approximate surface area is 156 Å². The van der Waals surface area contributed by atoms with Gasteiger partial charge in [0.15, 0.2) is 6.61 Å². The maximum absolute atomic E-state index is 13.2. The number of aryl methyl sites for hydroxylation is 1. The van der Waals surface area contributed by atoms with Crippen LogP contribution in [0.4, 0.5) is 4.39 Å². The van der Waals surface area contributed by atoms with Crippen LogP contribution in [0.2, 0.25) is 0 Å². The van der Waals surface area contributed by atoms with Crippen LogP contribution in [0.1, 0.15) is 29.0 Å². The third-order valence-corrected chi connectivity index (χ3v) is 4.95. The molecule has 0 saturated carbocycles. The van der Waals surface area contributed by atoms with Crippen molar-refractivity contribution in [2.75, 3.05) is 6.61 Å². The molecule has 1 heterocycles. The van der Waals surface area contributed by atoms with E-state index in [9.17, 15) is 9.18 Å². The lowest BCUT2D eigenvalue weighted by molar-refractivity contribution is -0.123. The van der Waals surface area contributed by atoms with Crippen LogP contribution in [0, 0.1) is 5.82 Å². The zero-order valence-corrected chi connectivity index (χ0v) is 15.3. The first-order chi connectivity index (χ1) is 12.7. The fourth-order valence-corrected chi connectivity index (χ4v) is 3.44. The Morgan fingerprint density at radius 3 is 2.65 bits per heavy atom. The molecule has 3 aromatic rings. The minimum atomic E-state index is -0.325. The van der Waals surface area contributed by atoms with Gasteiger partial charge in [0.25, 0.3) is 5.91 Å². The lowest BCUT2D eigenvalue weighted by Gasteiger charge is -2.18. The molecule has 26 heavy (non-hydrogen) atoms. The minimum Gasteiger partial charge on any atom is -0.484 e. The second kappa shape index (κ2) is 8.63. The molecule has 5 heteroatoms. The van der Waals surface area contributed by atoms with Crippen molar-refractivity contribution in [3.63, 3.8) is 0 Å². The predicted octanol–water partition coefficient (Wildman–Crippen LogP) is 4.73. The first-order valence-electron chi connectivity index (χ1n) is 8.45. The molecule has 0 fully saturated rings. The third-order valence-electron chi connectivity index (χ3n) is 4.01. The largest absolute Gasteiger partial charge is 0.484 e. The van der Waals surface area contributed by atoms with Gasteiger partial charge in [-0.15, -0.1) is 11.3 Å². The van der Waals surface area contributed by atoms with Gasteiger partial charge in [0, 0.05) is 4.88 Å². The Kier molecular flexibility index (Phi) is 6.02. The number of thiophene rings is 1. The minimum absolute atomic E-state index is 0.0732. The quantitative estimate of drug-likeness (QED) is 0.654. The van der Waals surface area contributed by atoms with Gasteiger partial charge in [0.1, 0.15) is 11.6 Å². The number of carbonyl (C=O) groups is 1. The molecule has 0 spiro atoms. The number of hydrogen-bond donors (Lipinski definition) is 1. The van der Waals surface area contributed by atoms with E-state index in [0.717, 1.165) is 22.4 Å². The molecule has 0 unspecified atom stereocenters. The van der Waals surface area contributed by atoms with E-state index in [1.807, 2.05) is 41.8 Å². The molecule has 1 amide bonds. The summed E-state index contributed by atoms with van der Waals surface area (Å²) >= 11 is 1.54. The van der Waals surface area contributed by atoms with Crippen molar-refractivity contribution in [1.29, 1.82) is 0 Å². The second-order valence-electron chi connectivity index (χ2n) is 5.86. The molecular formula is C21H20FNO2S. The molecule has 0 aliphatic rings. The summed E-state index contributed by atoms with van der Waals surface area (Å²) in [5.74, 6) is 0.146. The molecule has 134 valence electrons. The summed E-state index contributed by atoms with van der Waals surface area (Å²) in [6.07, 6.45) is 0.911. The first-order valence-corrected chi connectivity index (χ1v) is 9.33. The van der Waals surface area contributed by atoms with E-state index in [1.54, 1.807) is 23.5 Å². The van der Waals surface area contributed by atoms with Gasteiger partial charge in [-0.1, -0.05) is 37.3 Å².